The summed E-state index contributed by atoms with van der Waals surface area (Å²) in [6, 6.07) is 8.35. The van der Waals surface area contributed by atoms with Gasteiger partial charge in [0.25, 0.3) is 0 Å². The van der Waals surface area contributed by atoms with Crippen molar-refractivity contribution in [3.05, 3.63) is 46.5 Å². The summed E-state index contributed by atoms with van der Waals surface area (Å²) in [5.41, 5.74) is 3.13. The number of nitrogens with zero attached hydrogens (tertiary/aromatic N) is 1. The molecule has 2 bridgehead atoms. The SMILES string of the molecule is CCCCCCC[N+]12CCC(CC1)C(=CCc1ccc(Cl)cc1)C2.[Br-]. The van der Waals surface area contributed by atoms with Gasteiger partial charge in [0.2, 0.25) is 0 Å². The second kappa shape index (κ2) is 10.1. The molecule has 3 aliphatic heterocycles. The summed E-state index contributed by atoms with van der Waals surface area (Å²) in [5, 5.41) is 0.835. The average Bonchev–Trinajstić information content (AvgIpc) is 2.62. The van der Waals surface area contributed by atoms with E-state index in [0.29, 0.717) is 0 Å². The van der Waals surface area contributed by atoms with E-state index in [0.717, 1.165) is 17.4 Å². The van der Waals surface area contributed by atoms with Gasteiger partial charge in [-0.3, -0.25) is 0 Å². The van der Waals surface area contributed by atoms with Gasteiger partial charge in [-0.1, -0.05) is 56.0 Å². The number of rotatable bonds is 8. The van der Waals surface area contributed by atoms with Crippen LogP contribution in [0, 0.1) is 5.92 Å². The first-order valence-electron chi connectivity index (χ1n) is 9.99. The Morgan fingerprint density at radius 3 is 2.40 bits per heavy atom. The quantitative estimate of drug-likeness (QED) is 0.340. The van der Waals surface area contributed by atoms with Crippen molar-refractivity contribution in [2.75, 3.05) is 26.2 Å². The van der Waals surface area contributed by atoms with E-state index in [1.165, 1.54) is 81.2 Å². The second-order valence-electron chi connectivity index (χ2n) is 7.97. The van der Waals surface area contributed by atoms with Gasteiger partial charge in [0, 0.05) is 17.9 Å². The number of quaternary nitrogens is 1. The van der Waals surface area contributed by atoms with Gasteiger partial charge in [-0.15, -0.1) is 0 Å². The summed E-state index contributed by atoms with van der Waals surface area (Å²) in [4.78, 5) is 0. The number of unbranched alkanes of at least 4 members (excludes halogenated alkanes) is 4. The summed E-state index contributed by atoms with van der Waals surface area (Å²) < 4.78 is 1.38. The van der Waals surface area contributed by atoms with Crippen LogP contribution in [0.4, 0.5) is 0 Å². The number of benzene rings is 1. The molecular weight excluding hydrogens is 394 g/mol. The molecule has 0 unspecified atom stereocenters. The summed E-state index contributed by atoms with van der Waals surface area (Å²) in [6.45, 7) is 7.89. The van der Waals surface area contributed by atoms with Crippen LogP contribution in [0.1, 0.15) is 57.4 Å². The number of allylic oxidation sites excluding steroid dienone is 1. The third-order valence-corrected chi connectivity index (χ3v) is 6.45. The van der Waals surface area contributed by atoms with Crippen LogP contribution in [-0.2, 0) is 6.42 Å². The Bertz CT molecular complexity index is 544. The Morgan fingerprint density at radius 1 is 1.04 bits per heavy atom. The normalized spacial score (nSPS) is 26.6. The molecule has 0 aromatic heterocycles. The van der Waals surface area contributed by atoms with Gasteiger partial charge >= 0.3 is 0 Å². The molecule has 1 aromatic carbocycles. The lowest BCUT2D eigenvalue weighted by Crippen LogP contribution is -3.00. The van der Waals surface area contributed by atoms with Crippen LogP contribution in [0.5, 0.6) is 0 Å². The molecule has 3 fully saturated rings. The molecule has 0 spiro atoms. The lowest BCUT2D eigenvalue weighted by Gasteiger charge is -2.50. The van der Waals surface area contributed by atoms with Crippen molar-refractivity contribution in [3.8, 4) is 0 Å². The lowest BCUT2D eigenvalue weighted by molar-refractivity contribution is -0.936. The fraction of sp³-hybridized carbons (Fsp3) is 0.636. The molecule has 0 saturated carbocycles. The molecule has 3 heteroatoms. The topological polar surface area (TPSA) is 0 Å². The van der Waals surface area contributed by atoms with Crippen molar-refractivity contribution < 1.29 is 21.5 Å². The summed E-state index contributed by atoms with van der Waals surface area (Å²) >= 11 is 5.99. The van der Waals surface area contributed by atoms with Crippen LogP contribution in [-0.4, -0.2) is 30.7 Å². The highest BCUT2D eigenvalue weighted by atomic mass is 79.9. The van der Waals surface area contributed by atoms with Crippen molar-refractivity contribution in [1.82, 2.24) is 0 Å². The van der Waals surface area contributed by atoms with Gasteiger partial charge < -0.3 is 21.5 Å². The number of halogens is 2. The Hall–Kier alpha value is -0.310. The van der Waals surface area contributed by atoms with Gasteiger partial charge in [0.05, 0.1) is 19.6 Å². The highest BCUT2D eigenvalue weighted by Crippen LogP contribution is 2.38. The zero-order chi connectivity index (χ0) is 16.8. The van der Waals surface area contributed by atoms with Crippen LogP contribution in [0.15, 0.2) is 35.9 Å². The standard InChI is InChI=1S/C22H33ClN.BrH/c1-2-3-4-5-6-15-24-16-13-20(14-17-24)21(18-24)10-7-19-8-11-22(23)12-9-19;/h8-12,20H,2-7,13-18H2,1H3;1H/q+1;/p-1. The van der Waals surface area contributed by atoms with Gasteiger partial charge in [0.15, 0.2) is 0 Å². The van der Waals surface area contributed by atoms with Gasteiger partial charge in [-0.25, -0.2) is 0 Å². The number of piperidine rings is 3. The number of hydrogen-bond donors (Lipinski definition) is 0. The van der Waals surface area contributed by atoms with E-state index in [1.807, 2.05) is 12.1 Å². The van der Waals surface area contributed by atoms with Crippen LogP contribution in [0.25, 0.3) is 0 Å². The Labute approximate surface area is 169 Å². The van der Waals surface area contributed by atoms with Crippen LogP contribution >= 0.6 is 11.6 Å². The smallest absolute Gasteiger partial charge is 0.101 e. The molecule has 0 radical (unpaired) electrons. The highest BCUT2D eigenvalue weighted by Gasteiger charge is 2.41. The Morgan fingerprint density at radius 2 is 1.72 bits per heavy atom. The monoisotopic (exact) mass is 425 g/mol. The van der Waals surface area contributed by atoms with Crippen molar-refractivity contribution >= 4 is 11.6 Å². The van der Waals surface area contributed by atoms with Crippen molar-refractivity contribution in [2.24, 2.45) is 5.92 Å². The predicted octanol–water partition coefficient (Wildman–Crippen LogP) is 3.02. The van der Waals surface area contributed by atoms with Crippen molar-refractivity contribution in [2.45, 2.75) is 58.3 Å². The minimum absolute atomic E-state index is 0. The largest absolute Gasteiger partial charge is 1.00 e. The Balaban J connectivity index is 0.00000225. The van der Waals surface area contributed by atoms with E-state index >= 15 is 0 Å². The third-order valence-electron chi connectivity index (χ3n) is 6.20. The zero-order valence-electron chi connectivity index (χ0n) is 15.7. The number of hydrogen-bond acceptors (Lipinski definition) is 0. The molecule has 3 heterocycles. The van der Waals surface area contributed by atoms with E-state index in [-0.39, 0.29) is 17.0 Å². The number of fused-ring (bicyclic) bond motifs is 3. The first kappa shape index (κ1) is 21.0. The predicted molar refractivity (Wildman–Crippen MR) is 104 cm³/mol. The molecule has 140 valence electrons. The van der Waals surface area contributed by atoms with Crippen LogP contribution in [0.3, 0.4) is 0 Å². The molecule has 25 heavy (non-hydrogen) atoms. The molecule has 0 N–H and O–H groups in total. The molecule has 3 aliphatic rings. The minimum atomic E-state index is 0. The van der Waals surface area contributed by atoms with Gasteiger partial charge in [-0.05, 0) is 48.4 Å². The molecule has 1 aromatic rings. The van der Waals surface area contributed by atoms with Gasteiger partial charge in [-0.2, -0.15) is 0 Å². The molecule has 4 rings (SSSR count). The lowest BCUT2D eigenvalue weighted by atomic mass is 9.80. The fourth-order valence-corrected chi connectivity index (χ4v) is 4.74. The first-order chi connectivity index (χ1) is 11.7. The van der Waals surface area contributed by atoms with Crippen molar-refractivity contribution in [3.63, 3.8) is 0 Å². The van der Waals surface area contributed by atoms with Gasteiger partial charge in [0.1, 0.15) is 6.54 Å². The highest BCUT2D eigenvalue weighted by molar-refractivity contribution is 6.30. The maximum atomic E-state index is 5.99. The first-order valence-corrected chi connectivity index (χ1v) is 10.4. The summed E-state index contributed by atoms with van der Waals surface area (Å²) in [5.74, 6) is 0.873. The molecule has 3 saturated heterocycles. The summed E-state index contributed by atoms with van der Waals surface area (Å²) in [7, 11) is 0. The maximum absolute atomic E-state index is 5.99. The molecule has 0 amide bonds. The van der Waals surface area contributed by atoms with Crippen LogP contribution < -0.4 is 17.0 Å². The molecule has 0 aliphatic carbocycles. The van der Waals surface area contributed by atoms with E-state index in [4.69, 9.17) is 11.6 Å². The Kier molecular flexibility index (Phi) is 8.51. The minimum Gasteiger partial charge on any atom is -1.00 e. The fourth-order valence-electron chi connectivity index (χ4n) is 4.61. The molecule has 1 nitrogen and oxygen atoms in total. The molecular formula is C22H33BrClN. The second-order valence-corrected chi connectivity index (χ2v) is 8.41. The zero-order valence-corrected chi connectivity index (χ0v) is 18.0. The van der Waals surface area contributed by atoms with E-state index in [1.54, 1.807) is 5.57 Å². The maximum Gasteiger partial charge on any atom is 0.101 e. The van der Waals surface area contributed by atoms with Crippen molar-refractivity contribution in [1.29, 1.82) is 0 Å². The van der Waals surface area contributed by atoms with E-state index < -0.39 is 0 Å². The van der Waals surface area contributed by atoms with E-state index in [9.17, 15) is 0 Å². The summed E-state index contributed by atoms with van der Waals surface area (Å²) in [6.07, 6.45) is 13.5. The average molecular weight is 427 g/mol. The van der Waals surface area contributed by atoms with Crippen LogP contribution in [0.2, 0.25) is 5.02 Å². The third kappa shape index (κ3) is 5.84. The van der Waals surface area contributed by atoms with E-state index in [2.05, 4.69) is 25.1 Å². The molecule has 0 atom stereocenters.